The number of ether oxygens (including phenoxy) is 1. The van der Waals surface area contributed by atoms with Gasteiger partial charge in [-0.25, -0.2) is 0 Å². The molecule has 0 heterocycles. The van der Waals surface area contributed by atoms with Crippen LogP contribution in [0.2, 0.25) is 0 Å². The molecule has 5 rings (SSSR count). The molecule has 2 bridgehead atoms. The van der Waals surface area contributed by atoms with Crippen LogP contribution in [0.25, 0.3) is 0 Å². The molecular weight excluding hydrogens is 432 g/mol. The average molecular weight is 469 g/mol. The molecule has 1 aromatic rings. The van der Waals surface area contributed by atoms with Crippen LogP contribution in [0.4, 0.5) is 0 Å². The maximum atomic E-state index is 13.0. The summed E-state index contributed by atoms with van der Waals surface area (Å²) >= 11 is 0. The van der Waals surface area contributed by atoms with E-state index in [-0.39, 0.29) is 35.2 Å². The summed E-state index contributed by atoms with van der Waals surface area (Å²) in [5, 5.41) is 46.1. The van der Waals surface area contributed by atoms with Crippen molar-refractivity contribution < 1.29 is 30.0 Å². The molecule has 1 aromatic carbocycles. The van der Waals surface area contributed by atoms with Gasteiger partial charge in [-0.1, -0.05) is 63.3 Å². The largest absolute Gasteiger partial charge is 0.454 e. The third kappa shape index (κ3) is 2.98. The number of benzene rings is 1. The minimum atomic E-state index is -1.99. The van der Waals surface area contributed by atoms with Crippen LogP contribution in [-0.4, -0.2) is 56.9 Å². The second-order valence-electron chi connectivity index (χ2n) is 11.6. The molecule has 184 valence electrons. The van der Waals surface area contributed by atoms with Crippen LogP contribution >= 0.6 is 0 Å². The van der Waals surface area contributed by atoms with E-state index in [1.807, 2.05) is 43.3 Å². The van der Waals surface area contributed by atoms with Gasteiger partial charge in [0.05, 0.1) is 24.5 Å². The molecule has 0 aromatic heterocycles. The summed E-state index contributed by atoms with van der Waals surface area (Å²) in [4.78, 5) is 13.0. The third-order valence-corrected chi connectivity index (χ3v) is 9.60. The van der Waals surface area contributed by atoms with Gasteiger partial charge in [-0.3, -0.25) is 4.79 Å². The smallest absolute Gasteiger partial charge is 0.310 e. The molecule has 4 N–H and O–H groups in total. The van der Waals surface area contributed by atoms with Gasteiger partial charge in [-0.05, 0) is 53.2 Å². The van der Waals surface area contributed by atoms with Crippen molar-refractivity contribution in [2.24, 2.45) is 34.5 Å². The zero-order valence-corrected chi connectivity index (χ0v) is 20.3. The highest BCUT2D eigenvalue weighted by Gasteiger charge is 2.76. The summed E-state index contributed by atoms with van der Waals surface area (Å²) in [5.74, 6) is -0.463. The predicted molar refractivity (Wildman–Crippen MR) is 126 cm³/mol. The van der Waals surface area contributed by atoms with E-state index in [9.17, 15) is 25.2 Å². The van der Waals surface area contributed by atoms with Crippen molar-refractivity contribution in [1.82, 2.24) is 0 Å². The molecule has 9 unspecified atom stereocenters. The molecule has 0 saturated heterocycles. The molecule has 6 heteroatoms. The predicted octanol–water partition coefficient (Wildman–Crippen LogP) is 2.40. The Hall–Kier alpha value is -1.99. The quantitative estimate of drug-likeness (QED) is 0.399. The monoisotopic (exact) mass is 468 g/mol. The number of carbonyl (C=O) groups excluding carboxylic acids is 1. The second kappa shape index (κ2) is 7.76. The first-order valence-corrected chi connectivity index (χ1v) is 12.3. The van der Waals surface area contributed by atoms with E-state index in [1.54, 1.807) is 13.0 Å². The number of carbonyl (C=O) groups is 1. The number of rotatable bonds is 4. The van der Waals surface area contributed by atoms with Gasteiger partial charge in [0.25, 0.3) is 0 Å². The molecule has 1 spiro atoms. The van der Waals surface area contributed by atoms with E-state index in [2.05, 4.69) is 13.8 Å². The van der Waals surface area contributed by atoms with E-state index in [1.165, 1.54) is 0 Å². The van der Waals surface area contributed by atoms with Crippen molar-refractivity contribution in [1.29, 1.82) is 0 Å². The molecular formula is C28H36O6. The van der Waals surface area contributed by atoms with Gasteiger partial charge in [0.1, 0.15) is 11.7 Å². The lowest BCUT2D eigenvalue weighted by molar-refractivity contribution is -0.224. The van der Waals surface area contributed by atoms with Gasteiger partial charge in [-0.2, -0.15) is 0 Å². The molecule has 0 radical (unpaired) electrons. The van der Waals surface area contributed by atoms with Crippen LogP contribution in [0.5, 0.6) is 0 Å². The molecule has 0 amide bonds. The first-order chi connectivity index (χ1) is 16.0. The summed E-state index contributed by atoms with van der Waals surface area (Å²) in [5.41, 5.74) is -1.50. The summed E-state index contributed by atoms with van der Waals surface area (Å²) < 4.78 is 5.88. The highest BCUT2D eigenvalue weighted by molar-refractivity contribution is 5.73. The van der Waals surface area contributed by atoms with E-state index >= 15 is 0 Å². The molecule has 6 nitrogen and oxygen atoms in total. The molecule has 34 heavy (non-hydrogen) atoms. The Kier molecular flexibility index (Phi) is 5.41. The first-order valence-electron chi connectivity index (χ1n) is 12.3. The zero-order valence-electron chi connectivity index (χ0n) is 20.3. The van der Waals surface area contributed by atoms with Crippen molar-refractivity contribution in [3.05, 3.63) is 59.2 Å². The number of esters is 1. The summed E-state index contributed by atoms with van der Waals surface area (Å²) in [6.45, 7) is 7.74. The average Bonchev–Trinajstić information content (AvgIpc) is 3.28. The zero-order chi connectivity index (χ0) is 24.6. The first kappa shape index (κ1) is 23.7. The van der Waals surface area contributed by atoms with Crippen LogP contribution in [0, 0.1) is 34.5 Å². The molecule has 9 atom stereocenters. The minimum absolute atomic E-state index is 0.0326. The van der Waals surface area contributed by atoms with Gasteiger partial charge in [-0.15, -0.1) is 0 Å². The van der Waals surface area contributed by atoms with Gasteiger partial charge < -0.3 is 25.2 Å². The Morgan fingerprint density at radius 2 is 1.85 bits per heavy atom. The van der Waals surface area contributed by atoms with Crippen LogP contribution < -0.4 is 0 Å². The number of hydrogen-bond acceptors (Lipinski definition) is 6. The summed E-state index contributed by atoms with van der Waals surface area (Å²) in [7, 11) is 0. The van der Waals surface area contributed by atoms with Crippen molar-refractivity contribution in [3.63, 3.8) is 0 Å². The summed E-state index contributed by atoms with van der Waals surface area (Å²) in [6.07, 6.45) is 0.848. The topological polar surface area (TPSA) is 107 Å². The van der Waals surface area contributed by atoms with Crippen molar-refractivity contribution in [2.45, 2.75) is 64.4 Å². The normalized spacial score (nSPS) is 44.1. The molecule has 2 fully saturated rings. The Morgan fingerprint density at radius 1 is 1.18 bits per heavy atom. The van der Waals surface area contributed by atoms with Crippen LogP contribution in [-0.2, 0) is 16.0 Å². The Labute approximate surface area is 201 Å². The summed E-state index contributed by atoms with van der Waals surface area (Å²) in [6, 6.07) is 9.22. The van der Waals surface area contributed by atoms with Crippen LogP contribution in [0.15, 0.2) is 53.6 Å². The molecule has 4 aliphatic carbocycles. The second-order valence-corrected chi connectivity index (χ2v) is 11.6. The van der Waals surface area contributed by atoms with E-state index in [0.29, 0.717) is 11.5 Å². The lowest BCUT2D eigenvalue weighted by atomic mass is 9.58. The number of hydrogen-bond donors (Lipinski definition) is 4. The number of aliphatic hydroxyl groups excluding tert-OH is 3. The van der Waals surface area contributed by atoms with Gasteiger partial charge in [0.15, 0.2) is 6.10 Å². The van der Waals surface area contributed by atoms with E-state index in [0.717, 1.165) is 12.0 Å². The fourth-order valence-electron chi connectivity index (χ4n) is 7.84. The fraction of sp³-hybridized carbons (Fsp3) is 0.607. The Balaban J connectivity index is 1.57. The lowest BCUT2D eigenvalue weighted by Gasteiger charge is -2.52. The SMILES string of the molecule is CC1=CC23C(C)CC4C(C(C=C(CO)C(O)C2(O)C1OC(=O)Cc1ccccc1)C3O)C4(C)C. The van der Waals surface area contributed by atoms with Crippen molar-refractivity contribution in [3.8, 4) is 0 Å². The van der Waals surface area contributed by atoms with E-state index < -0.39 is 41.9 Å². The third-order valence-electron chi connectivity index (χ3n) is 9.60. The maximum absolute atomic E-state index is 13.0. The highest BCUT2D eigenvalue weighted by atomic mass is 16.6. The maximum Gasteiger partial charge on any atom is 0.310 e. The standard InChI is InChI=1S/C28H36O6/c1-15-13-27-16(2)10-20-22(26(20,3)4)19(24(27)32)12-18(14-29)23(31)28(27,33)25(15)34-21(30)11-17-8-6-5-7-9-17/h5-9,12-13,16,19-20,22-25,29,31-33H,10-11,14H2,1-4H3. The van der Waals surface area contributed by atoms with Crippen LogP contribution in [0.1, 0.15) is 39.7 Å². The minimum Gasteiger partial charge on any atom is -0.454 e. The van der Waals surface area contributed by atoms with E-state index in [4.69, 9.17) is 4.74 Å². The number of aliphatic hydroxyl groups is 4. The van der Waals surface area contributed by atoms with Crippen LogP contribution in [0.3, 0.4) is 0 Å². The molecule has 4 aliphatic rings. The van der Waals surface area contributed by atoms with Gasteiger partial charge >= 0.3 is 5.97 Å². The lowest BCUT2D eigenvalue weighted by Crippen LogP contribution is -2.66. The fourth-order valence-corrected chi connectivity index (χ4v) is 7.84. The highest BCUT2D eigenvalue weighted by Crippen LogP contribution is 2.72. The Morgan fingerprint density at radius 3 is 2.50 bits per heavy atom. The molecule has 2 saturated carbocycles. The van der Waals surface area contributed by atoms with Gasteiger partial charge in [0, 0.05) is 5.92 Å². The Bertz CT molecular complexity index is 1040. The molecule has 0 aliphatic heterocycles. The van der Waals surface area contributed by atoms with Crippen molar-refractivity contribution >= 4 is 5.97 Å². The van der Waals surface area contributed by atoms with Gasteiger partial charge in [0.2, 0.25) is 0 Å². The number of fused-ring (bicyclic) bond motifs is 3. The van der Waals surface area contributed by atoms with Crippen molar-refractivity contribution in [2.75, 3.05) is 6.61 Å².